The first-order valence-electron chi connectivity index (χ1n) is 7.29. The fourth-order valence-electron chi connectivity index (χ4n) is 2.68. The zero-order chi connectivity index (χ0) is 12.5. The molecular formula is C14H30N2O. The van der Waals surface area contributed by atoms with Gasteiger partial charge in [0.15, 0.2) is 0 Å². The molecule has 1 aliphatic rings. The molecular weight excluding hydrogens is 212 g/mol. The van der Waals surface area contributed by atoms with Gasteiger partial charge in [0.05, 0.1) is 6.10 Å². The second kappa shape index (κ2) is 8.90. The largest absolute Gasteiger partial charge is 0.380 e. The van der Waals surface area contributed by atoms with E-state index >= 15 is 0 Å². The number of nitrogens with zero attached hydrogens (tertiary/aromatic N) is 1. The van der Waals surface area contributed by atoms with Gasteiger partial charge in [0.1, 0.15) is 0 Å². The number of piperidine rings is 1. The molecule has 1 fully saturated rings. The van der Waals surface area contributed by atoms with Gasteiger partial charge in [0.2, 0.25) is 0 Å². The minimum Gasteiger partial charge on any atom is -0.380 e. The summed E-state index contributed by atoms with van der Waals surface area (Å²) >= 11 is 0. The summed E-state index contributed by atoms with van der Waals surface area (Å²) in [7, 11) is 1.85. The Kier molecular flexibility index (Phi) is 7.82. The van der Waals surface area contributed by atoms with E-state index in [2.05, 4.69) is 24.1 Å². The van der Waals surface area contributed by atoms with Crippen LogP contribution in [0.3, 0.4) is 0 Å². The molecule has 2 unspecified atom stereocenters. The summed E-state index contributed by atoms with van der Waals surface area (Å²) in [6.07, 6.45) is 6.76. The van der Waals surface area contributed by atoms with Crippen LogP contribution in [0.1, 0.15) is 46.0 Å². The third-order valence-corrected chi connectivity index (χ3v) is 3.69. The molecule has 0 aromatic carbocycles. The Bertz CT molecular complexity index is 187. The normalized spacial score (nSPS) is 23.8. The molecule has 1 aliphatic heterocycles. The molecule has 1 saturated heterocycles. The van der Waals surface area contributed by atoms with Crippen molar-refractivity contribution in [2.24, 2.45) is 0 Å². The maximum atomic E-state index is 5.51. The highest BCUT2D eigenvalue weighted by Gasteiger charge is 2.24. The predicted molar refractivity (Wildman–Crippen MR) is 73.5 cm³/mol. The molecule has 1 N–H and O–H groups in total. The van der Waals surface area contributed by atoms with Crippen molar-refractivity contribution in [2.75, 3.05) is 33.3 Å². The third-order valence-electron chi connectivity index (χ3n) is 3.69. The molecule has 0 aliphatic carbocycles. The van der Waals surface area contributed by atoms with E-state index in [1.807, 2.05) is 7.11 Å². The first kappa shape index (κ1) is 14.9. The zero-order valence-corrected chi connectivity index (χ0v) is 11.9. The maximum Gasteiger partial charge on any atom is 0.0698 e. The molecule has 1 rings (SSSR count). The van der Waals surface area contributed by atoms with E-state index in [0.29, 0.717) is 12.1 Å². The van der Waals surface area contributed by atoms with Crippen molar-refractivity contribution in [3.8, 4) is 0 Å². The van der Waals surface area contributed by atoms with Crippen molar-refractivity contribution >= 4 is 0 Å². The summed E-state index contributed by atoms with van der Waals surface area (Å²) in [4.78, 5) is 2.63. The average molecular weight is 242 g/mol. The van der Waals surface area contributed by atoms with E-state index in [1.54, 1.807) is 0 Å². The van der Waals surface area contributed by atoms with Crippen LogP contribution in [-0.2, 0) is 4.74 Å². The number of methoxy groups -OCH3 is 1. The van der Waals surface area contributed by atoms with Gasteiger partial charge in [-0.3, -0.25) is 4.90 Å². The van der Waals surface area contributed by atoms with Gasteiger partial charge in [-0.2, -0.15) is 0 Å². The van der Waals surface area contributed by atoms with Crippen LogP contribution in [0.4, 0.5) is 0 Å². The van der Waals surface area contributed by atoms with E-state index in [4.69, 9.17) is 4.74 Å². The van der Waals surface area contributed by atoms with Crippen LogP contribution in [0.2, 0.25) is 0 Å². The molecule has 2 atom stereocenters. The number of ether oxygens (including phenoxy) is 1. The van der Waals surface area contributed by atoms with Crippen molar-refractivity contribution < 1.29 is 4.74 Å². The lowest BCUT2D eigenvalue weighted by Crippen LogP contribution is -2.49. The SMILES string of the molecule is CCCNCC(CCC)N1CCCC(OC)C1. The summed E-state index contributed by atoms with van der Waals surface area (Å²) in [5.41, 5.74) is 0. The Morgan fingerprint density at radius 2 is 2.18 bits per heavy atom. The minimum absolute atomic E-state index is 0.453. The Morgan fingerprint density at radius 1 is 1.35 bits per heavy atom. The minimum atomic E-state index is 0.453. The lowest BCUT2D eigenvalue weighted by atomic mass is 10.0. The molecule has 0 radical (unpaired) electrons. The van der Waals surface area contributed by atoms with E-state index in [-0.39, 0.29) is 0 Å². The van der Waals surface area contributed by atoms with Gasteiger partial charge >= 0.3 is 0 Å². The molecule has 1 heterocycles. The average Bonchev–Trinajstić information content (AvgIpc) is 2.38. The third kappa shape index (κ3) is 5.36. The first-order valence-corrected chi connectivity index (χ1v) is 7.29. The highest BCUT2D eigenvalue weighted by Crippen LogP contribution is 2.17. The summed E-state index contributed by atoms with van der Waals surface area (Å²) in [5.74, 6) is 0. The van der Waals surface area contributed by atoms with E-state index < -0.39 is 0 Å². The number of hydrogen-bond donors (Lipinski definition) is 1. The maximum absolute atomic E-state index is 5.51. The number of hydrogen-bond acceptors (Lipinski definition) is 3. The fraction of sp³-hybridized carbons (Fsp3) is 1.00. The molecule has 3 heteroatoms. The smallest absolute Gasteiger partial charge is 0.0698 e. The van der Waals surface area contributed by atoms with Crippen molar-refractivity contribution in [3.63, 3.8) is 0 Å². The summed E-state index contributed by atoms with van der Waals surface area (Å²) in [5, 5.41) is 3.57. The number of rotatable bonds is 8. The Labute approximate surface area is 107 Å². The van der Waals surface area contributed by atoms with Crippen LogP contribution in [0.15, 0.2) is 0 Å². The molecule has 0 bridgehead atoms. The van der Waals surface area contributed by atoms with Gasteiger partial charge in [-0.05, 0) is 38.8 Å². The summed E-state index contributed by atoms with van der Waals surface area (Å²) < 4.78 is 5.51. The van der Waals surface area contributed by atoms with Gasteiger partial charge in [-0.1, -0.05) is 20.3 Å². The van der Waals surface area contributed by atoms with Crippen molar-refractivity contribution in [1.82, 2.24) is 10.2 Å². The van der Waals surface area contributed by atoms with Crippen LogP contribution in [0.5, 0.6) is 0 Å². The molecule has 0 aromatic rings. The molecule has 17 heavy (non-hydrogen) atoms. The zero-order valence-electron chi connectivity index (χ0n) is 11.9. The van der Waals surface area contributed by atoms with Crippen molar-refractivity contribution in [1.29, 1.82) is 0 Å². The summed E-state index contributed by atoms with van der Waals surface area (Å²) in [6, 6.07) is 0.699. The Balaban J connectivity index is 2.38. The highest BCUT2D eigenvalue weighted by atomic mass is 16.5. The van der Waals surface area contributed by atoms with Crippen LogP contribution in [-0.4, -0.2) is 50.3 Å². The standard InChI is InChI=1S/C14H30N2O/c1-4-7-13(11-15-9-5-2)16-10-6-8-14(12-16)17-3/h13-15H,4-12H2,1-3H3. The number of nitrogens with one attached hydrogen (secondary N) is 1. The lowest BCUT2D eigenvalue weighted by molar-refractivity contribution is 0.0129. The van der Waals surface area contributed by atoms with Crippen molar-refractivity contribution in [2.45, 2.75) is 58.1 Å². The molecule has 3 nitrogen and oxygen atoms in total. The van der Waals surface area contributed by atoms with Crippen molar-refractivity contribution in [3.05, 3.63) is 0 Å². The summed E-state index contributed by atoms with van der Waals surface area (Å²) in [6.45, 7) is 9.15. The van der Waals surface area contributed by atoms with Crippen LogP contribution in [0, 0.1) is 0 Å². The quantitative estimate of drug-likeness (QED) is 0.661. The highest BCUT2D eigenvalue weighted by molar-refractivity contribution is 4.80. The predicted octanol–water partition coefficient (Wildman–Crippen LogP) is 2.27. The fourth-order valence-corrected chi connectivity index (χ4v) is 2.68. The topological polar surface area (TPSA) is 24.5 Å². The van der Waals surface area contributed by atoms with Crippen LogP contribution < -0.4 is 5.32 Å². The second-order valence-corrected chi connectivity index (χ2v) is 5.14. The van der Waals surface area contributed by atoms with Gasteiger partial charge in [0, 0.05) is 26.2 Å². The monoisotopic (exact) mass is 242 g/mol. The van der Waals surface area contributed by atoms with E-state index in [1.165, 1.54) is 38.6 Å². The van der Waals surface area contributed by atoms with Gasteiger partial charge < -0.3 is 10.1 Å². The molecule has 102 valence electrons. The Hall–Kier alpha value is -0.120. The molecule has 0 saturated carbocycles. The first-order chi connectivity index (χ1) is 8.31. The van der Waals surface area contributed by atoms with E-state index in [9.17, 15) is 0 Å². The van der Waals surface area contributed by atoms with Gasteiger partial charge in [-0.15, -0.1) is 0 Å². The second-order valence-electron chi connectivity index (χ2n) is 5.14. The molecule has 0 amide bonds. The molecule has 0 aromatic heterocycles. The van der Waals surface area contributed by atoms with Crippen LogP contribution >= 0.6 is 0 Å². The van der Waals surface area contributed by atoms with Crippen LogP contribution in [0.25, 0.3) is 0 Å². The number of likely N-dealkylation sites (tertiary alicyclic amines) is 1. The van der Waals surface area contributed by atoms with Gasteiger partial charge in [0.25, 0.3) is 0 Å². The Morgan fingerprint density at radius 3 is 2.82 bits per heavy atom. The molecule has 0 spiro atoms. The lowest BCUT2D eigenvalue weighted by Gasteiger charge is -2.38. The van der Waals surface area contributed by atoms with Gasteiger partial charge in [-0.25, -0.2) is 0 Å². The van der Waals surface area contributed by atoms with E-state index in [0.717, 1.165) is 19.6 Å².